The first-order valence-corrected chi connectivity index (χ1v) is 8.29. The fourth-order valence-electron chi connectivity index (χ4n) is 2.38. The third-order valence-electron chi connectivity index (χ3n) is 3.22. The van der Waals surface area contributed by atoms with Crippen LogP contribution in [0, 0.1) is 0 Å². The number of rotatable bonds is 4. The normalized spacial score (nSPS) is 21.7. The number of hydrogen-bond donors (Lipinski definition) is 1. The monoisotopic (exact) mass is 291 g/mol. The van der Waals surface area contributed by atoms with Crippen molar-refractivity contribution in [1.82, 2.24) is 5.32 Å². The van der Waals surface area contributed by atoms with E-state index in [1.165, 1.54) is 9.77 Å². The van der Waals surface area contributed by atoms with Crippen LogP contribution < -0.4 is 10.1 Å². The first-order chi connectivity index (χ1) is 9.38. The molecule has 0 aliphatic carbocycles. The molecule has 0 fully saturated rings. The molecule has 1 N–H and O–H groups in total. The molecule has 1 aromatic carbocycles. The number of ether oxygens (including phenoxy) is 1. The highest BCUT2D eigenvalue weighted by Crippen LogP contribution is 2.40. The van der Waals surface area contributed by atoms with E-state index in [9.17, 15) is 0 Å². The lowest BCUT2D eigenvalue weighted by molar-refractivity contribution is 0.262. The molecular formula is C15H17NOS2. The SMILES string of the molecule is CCNC1c2ccccc2OCC1Sc1cccs1. The molecule has 0 spiro atoms. The van der Waals surface area contributed by atoms with Gasteiger partial charge in [0.05, 0.1) is 15.5 Å². The van der Waals surface area contributed by atoms with Crippen LogP contribution in [-0.4, -0.2) is 18.4 Å². The highest BCUT2D eigenvalue weighted by atomic mass is 32.2. The Balaban J connectivity index is 1.85. The van der Waals surface area contributed by atoms with Crippen LogP contribution in [0.15, 0.2) is 46.0 Å². The molecule has 1 aromatic heterocycles. The summed E-state index contributed by atoms with van der Waals surface area (Å²) in [7, 11) is 0. The van der Waals surface area contributed by atoms with Crippen LogP contribution >= 0.6 is 23.1 Å². The van der Waals surface area contributed by atoms with Crippen molar-refractivity contribution in [1.29, 1.82) is 0 Å². The van der Waals surface area contributed by atoms with Gasteiger partial charge in [-0.3, -0.25) is 0 Å². The van der Waals surface area contributed by atoms with Crippen LogP contribution in [-0.2, 0) is 0 Å². The third-order valence-corrected chi connectivity index (χ3v) is 5.53. The Morgan fingerprint density at radius 3 is 3.00 bits per heavy atom. The number of thiophene rings is 1. The summed E-state index contributed by atoms with van der Waals surface area (Å²) in [5, 5.41) is 6.16. The molecule has 0 saturated carbocycles. The van der Waals surface area contributed by atoms with Crippen LogP contribution in [0.3, 0.4) is 0 Å². The number of nitrogens with one attached hydrogen (secondary N) is 1. The van der Waals surface area contributed by atoms with Crippen molar-refractivity contribution >= 4 is 23.1 Å². The molecule has 0 bridgehead atoms. The van der Waals surface area contributed by atoms with Crippen molar-refractivity contribution in [2.24, 2.45) is 0 Å². The van der Waals surface area contributed by atoms with Gasteiger partial charge in [0, 0.05) is 5.56 Å². The van der Waals surface area contributed by atoms with Gasteiger partial charge in [0.1, 0.15) is 12.4 Å². The molecule has 0 amide bonds. The van der Waals surface area contributed by atoms with Gasteiger partial charge in [-0.2, -0.15) is 0 Å². The number of benzene rings is 1. The highest BCUT2D eigenvalue weighted by molar-refractivity contribution is 8.01. The topological polar surface area (TPSA) is 21.3 Å². The van der Waals surface area contributed by atoms with Gasteiger partial charge in [0.25, 0.3) is 0 Å². The Hall–Kier alpha value is -0.970. The molecule has 19 heavy (non-hydrogen) atoms. The number of hydrogen-bond acceptors (Lipinski definition) is 4. The molecule has 4 heteroatoms. The van der Waals surface area contributed by atoms with Crippen molar-refractivity contribution in [3.05, 3.63) is 47.3 Å². The van der Waals surface area contributed by atoms with Crippen LogP contribution in [0.25, 0.3) is 0 Å². The predicted molar refractivity (Wildman–Crippen MR) is 82.3 cm³/mol. The van der Waals surface area contributed by atoms with Gasteiger partial charge in [-0.1, -0.05) is 31.2 Å². The van der Waals surface area contributed by atoms with Crippen LogP contribution in [0.1, 0.15) is 18.5 Å². The molecule has 1 aliphatic rings. The highest BCUT2D eigenvalue weighted by Gasteiger charge is 2.31. The average molecular weight is 291 g/mol. The minimum absolute atomic E-state index is 0.363. The second-order valence-corrected chi connectivity index (χ2v) is 6.96. The molecular weight excluding hydrogens is 274 g/mol. The molecule has 2 heterocycles. The van der Waals surface area contributed by atoms with Crippen LogP contribution in [0.2, 0.25) is 0 Å². The van der Waals surface area contributed by atoms with E-state index in [4.69, 9.17) is 4.74 Å². The molecule has 3 rings (SSSR count). The van der Waals surface area contributed by atoms with Crippen molar-refractivity contribution in [3.63, 3.8) is 0 Å². The lowest BCUT2D eigenvalue weighted by Crippen LogP contribution is -2.37. The van der Waals surface area contributed by atoms with Gasteiger partial charge in [-0.25, -0.2) is 0 Å². The third kappa shape index (κ3) is 2.81. The molecule has 0 radical (unpaired) electrons. The van der Waals surface area contributed by atoms with Gasteiger partial charge in [-0.15, -0.1) is 23.1 Å². The van der Waals surface area contributed by atoms with E-state index >= 15 is 0 Å². The van der Waals surface area contributed by atoms with E-state index in [1.54, 1.807) is 11.3 Å². The van der Waals surface area contributed by atoms with E-state index in [2.05, 4.69) is 48.0 Å². The average Bonchev–Trinajstić information content (AvgIpc) is 2.94. The van der Waals surface area contributed by atoms with Crippen LogP contribution in [0.5, 0.6) is 5.75 Å². The molecule has 2 unspecified atom stereocenters. The molecule has 0 saturated heterocycles. The molecule has 2 atom stereocenters. The summed E-state index contributed by atoms with van der Waals surface area (Å²) in [6.07, 6.45) is 0. The van der Waals surface area contributed by atoms with Crippen molar-refractivity contribution < 1.29 is 4.74 Å². The van der Waals surface area contributed by atoms with Crippen molar-refractivity contribution in [2.45, 2.75) is 22.4 Å². The Bertz CT molecular complexity index is 527. The zero-order valence-corrected chi connectivity index (χ0v) is 12.5. The van der Waals surface area contributed by atoms with Crippen LogP contribution in [0.4, 0.5) is 0 Å². The summed E-state index contributed by atoms with van der Waals surface area (Å²) < 4.78 is 7.26. The molecule has 2 aromatic rings. The quantitative estimate of drug-likeness (QED) is 0.921. The first-order valence-electron chi connectivity index (χ1n) is 6.53. The largest absolute Gasteiger partial charge is 0.492 e. The zero-order chi connectivity index (χ0) is 13.1. The minimum atomic E-state index is 0.363. The van der Waals surface area contributed by atoms with Gasteiger partial charge >= 0.3 is 0 Å². The Labute approximate surface area is 122 Å². The van der Waals surface area contributed by atoms with Gasteiger partial charge < -0.3 is 10.1 Å². The second-order valence-electron chi connectivity index (χ2n) is 4.47. The number of fused-ring (bicyclic) bond motifs is 1. The predicted octanol–water partition coefficient (Wildman–Crippen LogP) is 3.95. The lowest BCUT2D eigenvalue weighted by atomic mass is 10.0. The first kappa shape index (κ1) is 13.0. The Kier molecular flexibility index (Phi) is 4.11. The Morgan fingerprint density at radius 2 is 2.21 bits per heavy atom. The summed E-state index contributed by atoms with van der Waals surface area (Å²) in [6, 6.07) is 13.0. The van der Waals surface area contributed by atoms with Gasteiger partial charge in [-0.05, 0) is 24.1 Å². The van der Waals surface area contributed by atoms with E-state index in [0.717, 1.165) is 18.9 Å². The smallest absolute Gasteiger partial charge is 0.124 e. The second kappa shape index (κ2) is 5.99. The molecule has 1 aliphatic heterocycles. The van der Waals surface area contributed by atoms with E-state index in [-0.39, 0.29) is 0 Å². The van der Waals surface area contributed by atoms with E-state index < -0.39 is 0 Å². The maximum atomic E-state index is 5.91. The summed E-state index contributed by atoms with van der Waals surface area (Å²) in [4.78, 5) is 0. The summed E-state index contributed by atoms with van der Waals surface area (Å²) in [5.41, 5.74) is 1.28. The fraction of sp³-hybridized carbons (Fsp3) is 0.333. The van der Waals surface area contributed by atoms with Gasteiger partial charge in [0.2, 0.25) is 0 Å². The zero-order valence-electron chi connectivity index (χ0n) is 10.8. The maximum absolute atomic E-state index is 5.91. The maximum Gasteiger partial charge on any atom is 0.124 e. The van der Waals surface area contributed by atoms with Gasteiger partial charge in [0.15, 0.2) is 0 Å². The van der Waals surface area contributed by atoms with Crippen molar-refractivity contribution in [3.8, 4) is 5.75 Å². The van der Waals surface area contributed by atoms with E-state index in [1.807, 2.05) is 17.8 Å². The summed E-state index contributed by atoms with van der Waals surface area (Å²) in [6.45, 7) is 3.89. The molecule has 2 nitrogen and oxygen atoms in total. The lowest BCUT2D eigenvalue weighted by Gasteiger charge is -2.33. The number of thioether (sulfide) groups is 1. The minimum Gasteiger partial charge on any atom is -0.492 e. The summed E-state index contributed by atoms with van der Waals surface area (Å²) >= 11 is 3.71. The molecule has 100 valence electrons. The standard InChI is InChI=1S/C15H17NOS2/c1-2-16-15-11-6-3-4-7-12(11)17-10-13(15)19-14-8-5-9-18-14/h3-9,13,15-16H,2,10H2,1H3. The summed E-state index contributed by atoms with van der Waals surface area (Å²) in [5.74, 6) is 1.02. The van der Waals surface area contributed by atoms with E-state index in [0.29, 0.717) is 11.3 Å². The Morgan fingerprint density at radius 1 is 1.32 bits per heavy atom. The fourth-order valence-corrected chi connectivity index (χ4v) is 4.56. The number of para-hydroxylation sites is 1. The van der Waals surface area contributed by atoms with Crippen molar-refractivity contribution in [2.75, 3.05) is 13.2 Å².